The molecule has 0 aliphatic heterocycles. The largest absolute Gasteiger partial charge is 0.480 e. The number of nitrogens with two attached hydrogens (primary N) is 2. The van der Waals surface area contributed by atoms with Gasteiger partial charge in [-0.2, -0.15) is 0 Å². The molecule has 0 radical (unpaired) electrons. The topological polar surface area (TPSA) is 125 Å². The lowest BCUT2D eigenvalue weighted by Gasteiger charge is -2.07. The molecule has 17 heavy (non-hydrogen) atoms. The second kappa shape index (κ2) is 5.86. The summed E-state index contributed by atoms with van der Waals surface area (Å²) in [5, 5.41) is 18.3. The zero-order chi connectivity index (χ0) is 12.8. The number of rotatable bonds is 5. The van der Waals surface area contributed by atoms with Crippen LogP contribution in [0, 0.1) is 5.41 Å². The third kappa shape index (κ3) is 4.52. The number of aryl methyl sites for hydroxylation is 1. The van der Waals surface area contributed by atoms with E-state index in [1.807, 2.05) is 12.1 Å². The Bertz CT molecular complexity index is 402. The van der Waals surface area contributed by atoms with Gasteiger partial charge in [0.15, 0.2) is 5.96 Å². The summed E-state index contributed by atoms with van der Waals surface area (Å²) < 4.78 is 0. The number of aliphatic carboxylic acids is 1. The van der Waals surface area contributed by atoms with Gasteiger partial charge >= 0.3 is 5.97 Å². The third-order valence-corrected chi connectivity index (χ3v) is 2.29. The van der Waals surface area contributed by atoms with Crippen molar-refractivity contribution in [2.75, 3.05) is 5.32 Å². The summed E-state index contributed by atoms with van der Waals surface area (Å²) in [5.74, 6) is -1.11. The maximum Gasteiger partial charge on any atom is 0.320 e. The molecule has 0 heterocycles. The number of anilines is 1. The van der Waals surface area contributed by atoms with Gasteiger partial charge in [-0.25, -0.2) is 0 Å². The summed E-state index contributed by atoms with van der Waals surface area (Å²) in [6.45, 7) is 0. The normalized spacial score (nSPS) is 11.8. The van der Waals surface area contributed by atoms with Crippen LogP contribution in [0.5, 0.6) is 0 Å². The summed E-state index contributed by atoms with van der Waals surface area (Å²) in [6.07, 6.45) is 1.00. The summed E-state index contributed by atoms with van der Waals surface area (Å²) in [4.78, 5) is 10.5. The number of hydrogen-bond acceptors (Lipinski definition) is 3. The standard InChI is InChI=1S/C11H16N4O2/c12-9(10(16)17)6-3-7-1-4-8(5-2-7)15-11(13)14/h1-2,4-5,9H,3,6,12H2,(H,16,17)(H4,13,14,15)/t9-/m0/s1. The molecule has 6 heteroatoms. The zero-order valence-electron chi connectivity index (χ0n) is 9.31. The molecule has 0 unspecified atom stereocenters. The SMILES string of the molecule is N=C(N)Nc1ccc(CC[C@H](N)C(=O)O)cc1. The van der Waals surface area contributed by atoms with Gasteiger partial charge in [0.25, 0.3) is 0 Å². The molecule has 7 N–H and O–H groups in total. The van der Waals surface area contributed by atoms with Gasteiger partial charge in [0.1, 0.15) is 6.04 Å². The maximum atomic E-state index is 10.5. The van der Waals surface area contributed by atoms with E-state index in [4.69, 9.17) is 22.0 Å². The fourth-order valence-corrected chi connectivity index (χ4v) is 1.36. The highest BCUT2D eigenvalue weighted by Gasteiger charge is 2.10. The van der Waals surface area contributed by atoms with E-state index in [9.17, 15) is 4.79 Å². The van der Waals surface area contributed by atoms with Gasteiger partial charge in [-0.15, -0.1) is 0 Å². The van der Waals surface area contributed by atoms with Crippen LogP contribution in [0.1, 0.15) is 12.0 Å². The quantitative estimate of drug-likeness (QED) is 0.372. The monoisotopic (exact) mass is 236 g/mol. The molecule has 1 aromatic carbocycles. The summed E-state index contributed by atoms with van der Waals surface area (Å²) in [6, 6.07) is 6.43. The number of nitrogens with one attached hydrogen (secondary N) is 2. The van der Waals surface area contributed by atoms with E-state index in [1.165, 1.54) is 0 Å². The van der Waals surface area contributed by atoms with Crippen LogP contribution in [0.25, 0.3) is 0 Å². The second-order valence-electron chi connectivity index (χ2n) is 3.72. The molecule has 1 rings (SSSR count). The minimum Gasteiger partial charge on any atom is -0.480 e. The van der Waals surface area contributed by atoms with Crippen molar-refractivity contribution >= 4 is 17.6 Å². The van der Waals surface area contributed by atoms with Crippen LogP contribution in [0.4, 0.5) is 5.69 Å². The molecule has 0 fully saturated rings. The number of guanidine groups is 1. The Hall–Kier alpha value is -2.08. The summed E-state index contributed by atoms with van der Waals surface area (Å²) >= 11 is 0. The van der Waals surface area contributed by atoms with Crippen LogP contribution in [0.15, 0.2) is 24.3 Å². The molecule has 0 aliphatic rings. The van der Waals surface area contributed by atoms with Crippen molar-refractivity contribution in [3.63, 3.8) is 0 Å². The number of benzene rings is 1. The molecule has 0 bridgehead atoms. The van der Waals surface area contributed by atoms with Gasteiger partial charge in [0.2, 0.25) is 0 Å². The fraction of sp³-hybridized carbons (Fsp3) is 0.273. The molecule has 1 atom stereocenters. The van der Waals surface area contributed by atoms with Crippen LogP contribution < -0.4 is 16.8 Å². The first-order valence-electron chi connectivity index (χ1n) is 5.17. The molecule has 0 amide bonds. The molecular formula is C11H16N4O2. The minimum absolute atomic E-state index is 0.120. The van der Waals surface area contributed by atoms with Gasteiger partial charge in [-0.05, 0) is 30.5 Å². The second-order valence-corrected chi connectivity index (χ2v) is 3.72. The fourth-order valence-electron chi connectivity index (χ4n) is 1.36. The molecule has 1 aromatic rings. The summed E-state index contributed by atoms with van der Waals surface area (Å²) in [7, 11) is 0. The summed E-state index contributed by atoms with van der Waals surface area (Å²) in [5.41, 5.74) is 12.3. The van der Waals surface area contributed by atoms with E-state index in [1.54, 1.807) is 12.1 Å². The Labute approximate surface area is 99.1 Å². The lowest BCUT2D eigenvalue weighted by atomic mass is 10.1. The molecule has 0 aromatic heterocycles. The van der Waals surface area contributed by atoms with Gasteiger partial charge < -0.3 is 21.9 Å². The van der Waals surface area contributed by atoms with E-state index in [0.29, 0.717) is 12.8 Å². The number of carboxylic acids is 1. The molecule has 6 nitrogen and oxygen atoms in total. The third-order valence-electron chi connectivity index (χ3n) is 2.29. The Morgan fingerprint density at radius 3 is 2.47 bits per heavy atom. The minimum atomic E-state index is -0.986. The van der Waals surface area contributed by atoms with Gasteiger partial charge in [-0.1, -0.05) is 12.1 Å². The molecular weight excluding hydrogens is 220 g/mol. The lowest BCUT2D eigenvalue weighted by molar-refractivity contribution is -0.138. The smallest absolute Gasteiger partial charge is 0.320 e. The first-order chi connectivity index (χ1) is 7.99. The molecule has 0 aliphatic carbocycles. The van der Waals surface area contributed by atoms with Gasteiger partial charge in [0.05, 0.1) is 0 Å². The Balaban J connectivity index is 2.51. The van der Waals surface area contributed by atoms with Crippen molar-refractivity contribution in [2.45, 2.75) is 18.9 Å². The van der Waals surface area contributed by atoms with Crippen LogP contribution >= 0.6 is 0 Å². The van der Waals surface area contributed by atoms with E-state index in [2.05, 4.69) is 5.32 Å². The van der Waals surface area contributed by atoms with Gasteiger partial charge in [-0.3, -0.25) is 10.2 Å². The Morgan fingerprint density at radius 2 is 2.00 bits per heavy atom. The highest BCUT2D eigenvalue weighted by Crippen LogP contribution is 2.11. The number of hydrogen-bond donors (Lipinski definition) is 5. The van der Waals surface area contributed by atoms with Crippen molar-refractivity contribution in [3.8, 4) is 0 Å². The van der Waals surface area contributed by atoms with Crippen LogP contribution in [0.3, 0.4) is 0 Å². The highest BCUT2D eigenvalue weighted by atomic mass is 16.4. The first kappa shape index (κ1) is 13.0. The molecule has 0 saturated carbocycles. The number of carbonyl (C=O) groups is 1. The van der Waals surface area contributed by atoms with Crippen LogP contribution in [-0.4, -0.2) is 23.1 Å². The van der Waals surface area contributed by atoms with Crippen molar-refractivity contribution < 1.29 is 9.90 Å². The Morgan fingerprint density at radius 1 is 1.41 bits per heavy atom. The van der Waals surface area contributed by atoms with E-state index >= 15 is 0 Å². The molecule has 0 spiro atoms. The maximum absolute atomic E-state index is 10.5. The molecule has 0 saturated heterocycles. The average Bonchev–Trinajstić information content (AvgIpc) is 2.26. The van der Waals surface area contributed by atoms with Crippen LogP contribution in [-0.2, 0) is 11.2 Å². The molecule has 92 valence electrons. The van der Waals surface area contributed by atoms with Crippen molar-refractivity contribution in [1.82, 2.24) is 0 Å². The lowest BCUT2D eigenvalue weighted by Crippen LogP contribution is -2.30. The predicted octanol–water partition coefficient (Wildman–Crippen LogP) is 0.336. The predicted molar refractivity (Wildman–Crippen MR) is 65.9 cm³/mol. The first-order valence-corrected chi connectivity index (χ1v) is 5.17. The van der Waals surface area contributed by atoms with E-state index in [0.717, 1.165) is 11.3 Å². The number of carboxylic acid groups (broad SMARTS) is 1. The average molecular weight is 236 g/mol. The van der Waals surface area contributed by atoms with Crippen molar-refractivity contribution in [2.24, 2.45) is 11.5 Å². The van der Waals surface area contributed by atoms with Crippen LogP contribution in [0.2, 0.25) is 0 Å². The van der Waals surface area contributed by atoms with E-state index in [-0.39, 0.29) is 5.96 Å². The van der Waals surface area contributed by atoms with Gasteiger partial charge in [0, 0.05) is 5.69 Å². The zero-order valence-corrected chi connectivity index (χ0v) is 9.31. The van der Waals surface area contributed by atoms with Crippen molar-refractivity contribution in [3.05, 3.63) is 29.8 Å². The Kier molecular flexibility index (Phi) is 4.47. The van der Waals surface area contributed by atoms with E-state index < -0.39 is 12.0 Å². The van der Waals surface area contributed by atoms with Crippen molar-refractivity contribution in [1.29, 1.82) is 5.41 Å². The highest BCUT2D eigenvalue weighted by molar-refractivity contribution is 5.89.